The predicted molar refractivity (Wildman–Crippen MR) is 83.0 cm³/mol. The number of aryl methyl sites for hydroxylation is 2. The number of benzene rings is 1. The second kappa shape index (κ2) is 5.77. The van der Waals surface area contributed by atoms with Gasteiger partial charge in [-0.15, -0.1) is 11.6 Å². The van der Waals surface area contributed by atoms with E-state index in [1.165, 1.54) is 0 Å². The molecule has 0 fully saturated rings. The Bertz CT molecular complexity index is 762. The molecule has 2 heterocycles. The van der Waals surface area contributed by atoms with Gasteiger partial charge in [-0.1, -0.05) is 6.07 Å². The molecule has 0 saturated heterocycles. The highest BCUT2D eigenvalue weighted by atomic mass is 35.5. The Hall–Kier alpha value is -2.01. The van der Waals surface area contributed by atoms with Crippen molar-refractivity contribution in [2.75, 3.05) is 13.0 Å². The second-order valence-electron chi connectivity index (χ2n) is 4.86. The number of rotatable bonds is 5. The van der Waals surface area contributed by atoms with Crippen LogP contribution in [0.4, 0.5) is 0 Å². The molecule has 0 aliphatic heterocycles. The number of nitrogens with zero attached hydrogens (tertiary/aromatic N) is 4. The molecule has 3 aromatic rings. The third kappa shape index (κ3) is 2.61. The van der Waals surface area contributed by atoms with Crippen molar-refractivity contribution in [2.24, 2.45) is 7.05 Å². The zero-order valence-electron chi connectivity index (χ0n) is 12.1. The van der Waals surface area contributed by atoms with Crippen LogP contribution in [0.1, 0.15) is 11.5 Å². The van der Waals surface area contributed by atoms with E-state index in [-0.39, 0.29) is 0 Å². The number of hydrogen-bond donors (Lipinski definition) is 0. The maximum atomic E-state index is 5.91. The summed E-state index contributed by atoms with van der Waals surface area (Å²) in [6.45, 7) is 0.677. The Morgan fingerprint density at radius 2 is 2.14 bits per heavy atom. The van der Waals surface area contributed by atoms with Crippen LogP contribution in [0.15, 0.2) is 30.5 Å². The summed E-state index contributed by atoms with van der Waals surface area (Å²) in [6.07, 6.45) is 2.66. The predicted octanol–water partition coefficient (Wildman–Crippen LogP) is 2.61. The lowest BCUT2D eigenvalue weighted by atomic mass is 10.3. The maximum Gasteiger partial charge on any atom is 0.146 e. The summed E-state index contributed by atoms with van der Waals surface area (Å²) in [6, 6.07) is 7.95. The lowest BCUT2D eigenvalue weighted by molar-refractivity contribution is 0.419. The molecule has 5 nitrogen and oxygen atoms in total. The average Bonchev–Trinajstić information content (AvgIpc) is 3.04. The molecule has 0 aliphatic rings. The summed E-state index contributed by atoms with van der Waals surface area (Å²) >= 11 is 5.91. The Kier molecular flexibility index (Phi) is 3.84. The SMILES string of the molecule is COc1cccc2c1nc(CCCl)n2Cc1ccn(C)n1. The Balaban J connectivity index is 2.11. The molecule has 0 bridgehead atoms. The van der Waals surface area contributed by atoms with Gasteiger partial charge in [0.25, 0.3) is 0 Å². The molecule has 0 amide bonds. The highest BCUT2D eigenvalue weighted by molar-refractivity contribution is 6.17. The highest BCUT2D eigenvalue weighted by Gasteiger charge is 2.14. The summed E-state index contributed by atoms with van der Waals surface area (Å²) in [4.78, 5) is 4.70. The first-order valence-corrected chi connectivity index (χ1v) is 7.33. The number of fused-ring (bicyclic) bond motifs is 1. The van der Waals surface area contributed by atoms with Gasteiger partial charge in [-0.3, -0.25) is 4.68 Å². The number of methoxy groups -OCH3 is 1. The van der Waals surface area contributed by atoms with E-state index in [9.17, 15) is 0 Å². The molecular formula is C15H17ClN4O. The lowest BCUT2D eigenvalue weighted by Gasteiger charge is -2.07. The van der Waals surface area contributed by atoms with Crippen molar-refractivity contribution in [1.29, 1.82) is 0 Å². The minimum absolute atomic E-state index is 0.536. The number of alkyl halides is 1. The summed E-state index contributed by atoms with van der Waals surface area (Å²) in [7, 11) is 3.58. The summed E-state index contributed by atoms with van der Waals surface area (Å²) in [5.74, 6) is 2.27. The Morgan fingerprint density at radius 1 is 1.29 bits per heavy atom. The monoisotopic (exact) mass is 304 g/mol. The average molecular weight is 305 g/mol. The molecule has 0 unspecified atom stereocenters. The number of imidazole rings is 1. The molecule has 3 rings (SSSR count). The minimum atomic E-state index is 0.536. The van der Waals surface area contributed by atoms with Crippen LogP contribution in [0.25, 0.3) is 11.0 Å². The van der Waals surface area contributed by atoms with Gasteiger partial charge in [0.05, 0.1) is 24.9 Å². The van der Waals surface area contributed by atoms with Crippen molar-refractivity contribution in [3.8, 4) is 5.75 Å². The van der Waals surface area contributed by atoms with Gasteiger partial charge in [-0.2, -0.15) is 5.10 Å². The van der Waals surface area contributed by atoms with E-state index in [1.807, 2.05) is 37.5 Å². The molecule has 1 aromatic carbocycles. The van der Waals surface area contributed by atoms with Crippen LogP contribution in [0.5, 0.6) is 5.75 Å². The van der Waals surface area contributed by atoms with Crippen LogP contribution < -0.4 is 4.74 Å². The first kappa shape index (κ1) is 13.9. The minimum Gasteiger partial charge on any atom is -0.494 e. The van der Waals surface area contributed by atoms with Gasteiger partial charge in [0.1, 0.15) is 17.1 Å². The molecule has 0 aliphatic carbocycles. The number of hydrogen-bond acceptors (Lipinski definition) is 3. The molecule has 0 radical (unpaired) electrons. The Morgan fingerprint density at radius 3 is 2.81 bits per heavy atom. The molecule has 0 N–H and O–H groups in total. The van der Waals surface area contributed by atoms with Crippen molar-refractivity contribution in [2.45, 2.75) is 13.0 Å². The third-order valence-electron chi connectivity index (χ3n) is 3.45. The van der Waals surface area contributed by atoms with E-state index in [4.69, 9.17) is 21.3 Å². The summed E-state index contributed by atoms with van der Waals surface area (Å²) in [5.41, 5.74) is 2.91. The fourth-order valence-corrected chi connectivity index (χ4v) is 2.66. The van der Waals surface area contributed by atoms with Gasteiger partial charge in [-0.25, -0.2) is 4.98 Å². The molecule has 6 heteroatoms. The van der Waals surface area contributed by atoms with Crippen LogP contribution in [-0.4, -0.2) is 32.3 Å². The first-order chi connectivity index (χ1) is 10.2. The molecule has 0 spiro atoms. The zero-order chi connectivity index (χ0) is 14.8. The maximum absolute atomic E-state index is 5.91. The van der Waals surface area contributed by atoms with Crippen molar-refractivity contribution in [1.82, 2.24) is 19.3 Å². The van der Waals surface area contributed by atoms with E-state index in [1.54, 1.807) is 11.8 Å². The van der Waals surface area contributed by atoms with Crippen molar-refractivity contribution >= 4 is 22.6 Å². The van der Waals surface area contributed by atoms with Gasteiger partial charge in [0, 0.05) is 25.5 Å². The molecular weight excluding hydrogens is 288 g/mol. The van der Waals surface area contributed by atoms with Gasteiger partial charge >= 0.3 is 0 Å². The van der Waals surface area contributed by atoms with Crippen LogP contribution in [0.3, 0.4) is 0 Å². The van der Waals surface area contributed by atoms with Gasteiger partial charge < -0.3 is 9.30 Å². The molecule has 110 valence electrons. The molecule has 0 atom stereocenters. The smallest absolute Gasteiger partial charge is 0.146 e. The van der Waals surface area contributed by atoms with Crippen LogP contribution in [0.2, 0.25) is 0 Å². The fourth-order valence-electron chi connectivity index (χ4n) is 2.50. The second-order valence-corrected chi connectivity index (χ2v) is 5.24. The van der Waals surface area contributed by atoms with Gasteiger partial charge in [0.2, 0.25) is 0 Å². The lowest BCUT2D eigenvalue weighted by Crippen LogP contribution is -2.07. The summed E-state index contributed by atoms with van der Waals surface area (Å²) < 4.78 is 9.36. The molecule has 21 heavy (non-hydrogen) atoms. The quantitative estimate of drug-likeness (QED) is 0.681. The third-order valence-corrected chi connectivity index (χ3v) is 3.64. The van der Waals surface area contributed by atoms with Crippen LogP contribution in [0, 0.1) is 0 Å². The Labute approximate surface area is 128 Å². The number of halogens is 1. The molecule has 0 saturated carbocycles. The van der Waals surface area contributed by atoms with E-state index in [0.717, 1.165) is 28.3 Å². The summed E-state index contributed by atoms with van der Waals surface area (Å²) in [5, 5.41) is 4.44. The normalized spacial score (nSPS) is 11.2. The van der Waals surface area contributed by atoms with Gasteiger partial charge in [0.15, 0.2) is 0 Å². The highest BCUT2D eigenvalue weighted by Crippen LogP contribution is 2.26. The van der Waals surface area contributed by atoms with E-state index in [2.05, 4.69) is 9.67 Å². The zero-order valence-corrected chi connectivity index (χ0v) is 12.8. The number of ether oxygens (including phenoxy) is 1. The van der Waals surface area contributed by atoms with E-state index in [0.29, 0.717) is 18.8 Å². The van der Waals surface area contributed by atoms with Gasteiger partial charge in [-0.05, 0) is 18.2 Å². The van der Waals surface area contributed by atoms with Crippen molar-refractivity contribution in [3.63, 3.8) is 0 Å². The van der Waals surface area contributed by atoms with E-state index >= 15 is 0 Å². The topological polar surface area (TPSA) is 44.9 Å². The van der Waals surface area contributed by atoms with Crippen molar-refractivity contribution in [3.05, 3.63) is 42.0 Å². The standard InChI is InChI=1S/C15H17ClN4O/c1-19-9-7-11(18-19)10-20-12-4-3-5-13(21-2)15(12)17-14(20)6-8-16/h3-5,7,9H,6,8,10H2,1-2H3. The largest absolute Gasteiger partial charge is 0.494 e. The fraction of sp³-hybridized carbons (Fsp3) is 0.333. The number of aromatic nitrogens is 4. The van der Waals surface area contributed by atoms with Crippen LogP contribution >= 0.6 is 11.6 Å². The first-order valence-electron chi connectivity index (χ1n) is 6.79. The van der Waals surface area contributed by atoms with E-state index < -0.39 is 0 Å². The number of para-hydroxylation sites is 1. The van der Waals surface area contributed by atoms with Crippen LogP contribution in [-0.2, 0) is 20.0 Å². The molecule has 2 aromatic heterocycles. The van der Waals surface area contributed by atoms with Crippen molar-refractivity contribution < 1.29 is 4.74 Å².